The summed E-state index contributed by atoms with van der Waals surface area (Å²) in [6, 6.07) is 10.8. The van der Waals surface area contributed by atoms with Gasteiger partial charge in [0.25, 0.3) is 0 Å². The number of benzene rings is 2. The zero-order valence-electron chi connectivity index (χ0n) is 19.4. The summed E-state index contributed by atoms with van der Waals surface area (Å²) >= 11 is 6.47. The van der Waals surface area contributed by atoms with Gasteiger partial charge in [0.2, 0.25) is 0 Å². The van der Waals surface area contributed by atoms with Crippen molar-refractivity contribution in [3.63, 3.8) is 0 Å². The minimum absolute atomic E-state index is 0.108. The maximum Gasteiger partial charge on any atom is 0.170 e. The number of aliphatic hydroxyl groups excluding tert-OH is 4. The van der Waals surface area contributed by atoms with Gasteiger partial charge < -0.3 is 29.9 Å². The summed E-state index contributed by atoms with van der Waals surface area (Å²) in [4.78, 5) is 13.0. The number of ketones is 1. The van der Waals surface area contributed by atoms with E-state index < -0.39 is 37.1 Å². The van der Waals surface area contributed by atoms with Gasteiger partial charge in [-0.25, -0.2) is 0 Å². The number of carbonyl (C=O) groups excluding carboxylic acids is 1. The van der Waals surface area contributed by atoms with Crippen LogP contribution in [0.2, 0.25) is 5.02 Å². The van der Waals surface area contributed by atoms with Gasteiger partial charge in [0, 0.05) is 5.02 Å². The number of hydrogen-bond acceptors (Lipinski definition) is 7. The molecular formula is C27H31ClO7. The van der Waals surface area contributed by atoms with E-state index in [0.29, 0.717) is 34.7 Å². The van der Waals surface area contributed by atoms with E-state index in [1.54, 1.807) is 18.2 Å². The number of hydrogen-bond donors (Lipinski definition) is 4. The minimum Gasteiger partial charge on any atom is -0.486 e. The van der Waals surface area contributed by atoms with Crippen molar-refractivity contribution in [2.24, 2.45) is 0 Å². The third-order valence-electron chi connectivity index (χ3n) is 7.60. The monoisotopic (exact) mass is 502 g/mol. The highest BCUT2D eigenvalue weighted by Gasteiger charge is 2.44. The first kappa shape index (κ1) is 24.7. The number of ether oxygens (including phenoxy) is 2. The molecule has 0 unspecified atom stereocenters. The fourth-order valence-corrected chi connectivity index (χ4v) is 5.81. The largest absolute Gasteiger partial charge is 0.486 e. The Morgan fingerprint density at radius 1 is 0.971 bits per heavy atom. The Labute approximate surface area is 209 Å². The molecule has 4 N–H and O–H groups in total. The zero-order valence-corrected chi connectivity index (χ0v) is 20.2. The van der Waals surface area contributed by atoms with E-state index in [2.05, 4.69) is 0 Å². The molecule has 1 spiro atoms. The molecule has 35 heavy (non-hydrogen) atoms. The van der Waals surface area contributed by atoms with E-state index in [1.165, 1.54) is 6.42 Å². The average molecular weight is 503 g/mol. The highest BCUT2D eigenvalue weighted by atomic mass is 35.5. The van der Waals surface area contributed by atoms with Crippen LogP contribution in [0.15, 0.2) is 36.4 Å². The normalized spacial score (nSPS) is 30.1. The Kier molecular flexibility index (Phi) is 6.92. The molecule has 5 atom stereocenters. The quantitative estimate of drug-likeness (QED) is 0.507. The van der Waals surface area contributed by atoms with Crippen LogP contribution >= 0.6 is 11.6 Å². The molecule has 1 aliphatic carbocycles. The summed E-state index contributed by atoms with van der Waals surface area (Å²) < 4.78 is 12.0. The second-order valence-corrected chi connectivity index (χ2v) is 10.5. The Balaban J connectivity index is 1.38. The number of Topliss-reactive ketones (excluding diaryl/α,β-unsaturated/α-hetero) is 1. The van der Waals surface area contributed by atoms with Crippen molar-refractivity contribution < 1.29 is 34.7 Å². The summed E-state index contributed by atoms with van der Waals surface area (Å²) in [6.45, 7) is -0.492. The maximum atomic E-state index is 13.0. The lowest BCUT2D eigenvalue weighted by Gasteiger charge is -2.40. The lowest BCUT2D eigenvalue weighted by molar-refractivity contribution is -0.231. The molecule has 2 fully saturated rings. The molecule has 0 radical (unpaired) electrons. The summed E-state index contributed by atoms with van der Waals surface area (Å²) in [5.74, 6) is 0.754. The minimum atomic E-state index is -1.45. The summed E-state index contributed by atoms with van der Waals surface area (Å²) in [5, 5.41) is 40.7. The van der Waals surface area contributed by atoms with Crippen molar-refractivity contribution >= 4 is 17.4 Å². The molecule has 3 aliphatic rings. The van der Waals surface area contributed by atoms with Gasteiger partial charge >= 0.3 is 0 Å². The summed E-state index contributed by atoms with van der Waals surface area (Å²) in [5.41, 5.74) is 2.47. The number of halogens is 1. The van der Waals surface area contributed by atoms with Crippen LogP contribution in [0.3, 0.4) is 0 Å². The smallest absolute Gasteiger partial charge is 0.170 e. The lowest BCUT2D eigenvalue weighted by Crippen LogP contribution is -2.55. The van der Waals surface area contributed by atoms with Crippen LogP contribution < -0.4 is 4.74 Å². The van der Waals surface area contributed by atoms with E-state index in [4.69, 9.17) is 21.1 Å². The standard InChI is InChI=1S/C27H31ClO7/c28-19-6-5-16(26-25(33)24(32)23(31)22(14-29)34-26)12-17(19)10-15-4-7-21-18(11-15)20(30)13-27(35-21)8-2-1-3-9-27/h4-7,11-12,22-26,29,31-33H,1-3,8-10,13-14H2/t22-,23-,24+,25-,26+/m1/s1. The van der Waals surface area contributed by atoms with Gasteiger partial charge in [-0.15, -0.1) is 0 Å². The van der Waals surface area contributed by atoms with Gasteiger partial charge in [0.05, 0.1) is 18.6 Å². The molecular weight excluding hydrogens is 472 g/mol. The van der Waals surface area contributed by atoms with Crippen molar-refractivity contribution in [1.29, 1.82) is 0 Å². The van der Waals surface area contributed by atoms with Crippen molar-refractivity contribution in [3.05, 3.63) is 63.7 Å². The molecule has 1 saturated carbocycles. The highest BCUT2D eigenvalue weighted by molar-refractivity contribution is 6.31. The van der Waals surface area contributed by atoms with Crippen molar-refractivity contribution in [1.82, 2.24) is 0 Å². The van der Waals surface area contributed by atoms with Gasteiger partial charge in [-0.1, -0.05) is 36.2 Å². The molecule has 2 aromatic carbocycles. The number of carbonyl (C=O) groups is 1. The van der Waals surface area contributed by atoms with Crippen LogP contribution in [0.1, 0.15) is 71.7 Å². The molecule has 0 aromatic heterocycles. The van der Waals surface area contributed by atoms with E-state index in [1.807, 2.05) is 18.2 Å². The third-order valence-corrected chi connectivity index (χ3v) is 7.97. The highest BCUT2D eigenvalue weighted by Crippen LogP contribution is 2.42. The molecule has 0 amide bonds. The molecule has 2 aliphatic heterocycles. The molecule has 7 nitrogen and oxygen atoms in total. The van der Waals surface area contributed by atoms with Crippen LogP contribution in [-0.2, 0) is 11.2 Å². The topological polar surface area (TPSA) is 116 Å². The number of aliphatic hydroxyl groups is 4. The first-order chi connectivity index (χ1) is 16.8. The van der Waals surface area contributed by atoms with Gasteiger partial charge in [0.15, 0.2) is 5.78 Å². The van der Waals surface area contributed by atoms with Crippen LogP contribution in [0.5, 0.6) is 5.75 Å². The predicted octanol–water partition coefficient (Wildman–Crippen LogP) is 3.11. The molecule has 188 valence electrons. The summed E-state index contributed by atoms with van der Waals surface area (Å²) in [6.07, 6.45) is -0.115. The molecule has 5 rings (SSSR count). The number of fused-ring (bicyclic) bond motifs is 1. The SMILES string of the molecule is O=C1CC2(CCCCC2)Oc2ccc(Cc3cc([C@@H]4O[C@H](CO)[C@@H](O)[C@H](O)[C@H]4O)ccc3Cl)cc21. The molecule has 2 aromatic rings. The molecule has 2 heterocycles. The lowest BCUT2D eigenvalue weighted by atomic mass is 9.78. The second kappa shape index (κ2) is 9.81. The Morgan fingerprint density at radius 3 is 2.49 bits per heavy atom. The van der Waals surface area contributed by atoms with Crippen molar-refractivity contribution in [2.75, 3.05) is 6.61 Å². The van der Waals surface area contributed by atoms with Crippen molar-refractivity contribution in [3.8, 4) is 5.75 Å². The zero-order chi connectivity index (χ0) is 24.7. The summed E-state index contributed by atoms with van der Waals surface area (Å²) in [7, 11) is 0. The first-order valence-electron chi connectivity index (χ1n) is 12.2. The molecule has 0 bridgehead atoms. The van der Waals surface area contributed by atoms with Crippen LogP contribution in [-0.4, -0.2) is 62.8 Å². The van der Waals surface area contributed by atoms with Gasteiger partial charge in [-0.05, 0) is 67.0 Å². The Bertz CT molecular complexity index is 1090. The number of rotatable bonds is 4. The third kappa shape index (κ3) is 4.73. The first-order valence-corrected chi connectivity index (χ1v) is 12.6. The average Bonchev–Trinajstić information content (AvgIpc) is 2.85. The molecule has 1 saturated heterocycles. The van der Waals surface area contributed by atoms with Crippen molar-refractivity contribution in [2.45, 2.75) is 81.1 Å². The van der Waals surface area contributed by atoms with E-state index in [0.717, 1.165) is 36.8 Å². The Morgan fingerprint density at radius 2 is 1.74 bits per heavy atom. The fraction of sp³-hybridized carbons (Fsp3) is 0.519. The van der Waals surface area contributed by atoms with E-state index >= 15 is 0 Å². The van der Waals surface area contributed by atoms with Gasteiger partial charge in [-0.2, -0.15) is 0 Å². The maximum absolute atomic E-state index is 13.0. The van der Waals surface area contributed by atoms with Gasteiger partial charge in [0.1, 0.15) is 41.9 Å². The fourth-order valence-electron chi connectivity index (χ4n) is 5.63. The van der Waals surface area contributed by atoms with Crippen LogP contribution in [0.25, 0.3) is 0 Å². The predicted molar refractivity (Wildman–Crippen MR) is 129 cm³/mol. The Hall–Kier alpha value is -2.00. The second-order valence-electron chi connectivity index (χ2n) is 10.1. The van der Waals surface area contributed by atoms with Crippen LogP contribution in [0, 0.1) is 0 Å². The van der Waals surface area contributed by atoms with Gasteiger partial charge in [-0.3, -0.25) is 4.79 Å². The molecule has 8 heteroatoms. The van der Waals surface area contributed by atoms with E-state index in [9.17, 15) is 25.2 Å². The van der Waals surface area contributed by atoms with E-state index in [-0.39, 0.29) is 11.4 Å². The van der Waals surface area contributed by atoms with Crippen LogP contribution in [0.4, 0.5) is 0 Å².